The number of hydrogen-bond acceptors (Lipinski definition) is 5. The Morgan fingerprint density at radius 1 is 1.39 bits per heavy atom. The molecule has 0 heterocycles. The summed E-state index contributed by atoms with van der Waals surface area (Å²) in [6.45, 7) is 1.88. The molecule has 0 aliphatic carbocycles. The van der Waals surface area contributed by atoms with E-state index in [4.69, 9.17) is 17.2 Å². The quantitative estimate of drug-likeness (QED) is 0.445. The van der Waals surface area contributed by atoms with E-state index < -0.39 is 18.1 Å². The topological polar surface area (TPSA) is 127 Å². The molecule has 18 heavy (non-hydrogen) atoms. The van der Waals surface area contributed by atoms with Gasteiger partial charge < -0.3 is 27.6 Å². The Hall–Kier alpha value is -1.79. The zero-order valence-electron chi connectivity index (χ0n) is 10.6. The molecule has 1 aromatic rings. The molecule has 0 aromatic heterocycles. The molecule has 6 nitrogen and oxygen atoms in total. The number of carbonyl (C=O) groups is 1. The molecule has 6 heteroatoms. The van der Waals surface area contributed by atoms with Gasteiger partial charge in [-0.15, -0.1) is 0 Å². The van der Waals surface area contributed by atoms with Crippen molar-refractivity contribution < 1.29 is 9.90 Å². The van der Waals surface area contributed by atoms with Crippen LogP contribution in [0.1, 0.15) is 11.1 Å². The van der Waals surface area contributed by atoms with Crippen molar-refractivity contribution in [3.05, 3.63) is 23.3 Å². The lowest BCUT2D eigenvalue weighted by Gasteiger charge is -2.19. The average molecular weight is 252 g/mol. The van der Waals surface area contributed by atoms with Gasteiger partial charge in [0.05, 0.1) is 6.10 Å². The smallest absolute Gasteiger partial charge is 0.239 e. The number of carbonyl (C=O) groups excluding carboxylic acids is 1. The second kappa shape index (κ2) is 5.70. The van der Waals surface area contributed by atoms with Crippen LogP contribution in [-0.4, -0.2) is 30.2 Å². The van der Waals surface area contributed by atoms with E-state index in [-0.39, 0.29) is 6.42 Å². The number of aliphatic hydroxyl groups is 1. The number of hydrogen-bond donors (Lipinski definition) is 5. The number of benzene rings is 1. The summed E-state index contributed by atoms with van der Waals surface area (Å²) >= 11 is 0. The Balaban J connectivity index is 2.88. The molecular formula is C12H20N4O2. The second-order valence-corrected chi connectivity index (χ2v) is 4.33. The highest BCUT2D eigenvalue weighted by Crippen LogP contribution is 2.23. The molecule has 0 fully saturated rings. The predicted octanol–water partition coefficient (Wildman–Crippen LogP) is -0.864. The first kappa shape index (κ1) is 14.3. The number of aryl methyl sites for hydroxylation is 1. The molecule has 0 aliphatic rings. The molecule has 0 bridgehead atoms. The summed E-state index contributed by atoms with van der Waals surface area (Å²) in [5, 5.41) is 12.3. The van der Waals surface area contributed by atoms with E-state index in [1.807, 2.05) is 6.92 Å². The maximum absolute atomic E-state index is 11.3. The van der Waals surface area contributed by atoms with E-state index in [0.717, 1.165) is 5.56 Å². The first-order valence-corrected chi connectivity index (χ1v) is 5.66. The van der Waals surface area contributed by atoms with Crippen molar-refractivity contribution >= 4 is 17.3 Å². The maximum atomic E-state index is 11.3. The molecule has 0 spiro atoms. The molecule has 0 saturated carbocycles. The standard InChI is InChI=1S/C12H20N4O2/c1-6-3-8(13)7(9(14)4-6)5-10(17)11(15)12(18)16-2/h3-4,10-11,17H,5,13-15H2,1-2H3,(H,16,18). The second-order valence-electron chi connectivity index (χ2n) is 4.33. The third-order valence-corrected chi connectivity index (χ3v) is 2.84. The van der Waals surface area contributed by atoms with Crippen molar-refractivity contribution in [3.63, 3.8) is 0 Å². The Morgan fingerprint density at radius 3 is 2.33 bits per heavy atom. The van der Waals surface area contributed by atoms with Crippen molar-refractivity contribution in [3.8, 4) is 0 Å². The van der Waals surface area contributed by atoms with Crippen LogP contribution in [-0.2, 0) is 11.2 Å². The van der Waals surface area contributed by atoms with E-state index in [0.29, 0.717) is 16.9 Å². The van der Waals surface area contributed by atoms with Crippen molar-refractivity contribution in [1.82, 2.24) is 5.32 Å². The lowest BCUT2D eigenvalue weighted by Crippen LogP contribution is -2.48. The zero-order valence-corrected chi connectivity index (χ0v) is 10.6. The summed E-state index contributed by atoms with van der Waals surface area (Å²) in [4.78, 5) is 11.3. The molecule has 0 saturated heterocycles. The molecule has 1 amide bonds. The number of nitrogens with two attached hydrogens (primary N) is 3. The molecule has 8 N–H and O–H groups in total. The summed E-state index contributed by atoms with van der Waals surface area (Å²) in [6, 6.07) is 2.53. The van der Waals surface area contributed by atoms with Crippen LogP contribution in [0.25, 0.3) is 0 Å². The van der Waals surface area contributed by atoms with Crippen molar-refractivity contribution in [2.75, 3.05) is 18.5 Å². The van der Waals surface area contributed by atoms with Gasteiger partial charge in [0.2, 0.25) is 5.91 Å². The number of nitrogens with one attached hydrogen (secondary N) is 1. The van der Waals surface area contributed by atoms with Gasteiger partial charge in [0.15, 0.2) is 0 Å². The van der Waals surface area contributed by atoms with Gasteiger partial charge in [0.25, 0.3) is 0 Å². The highest BCUT2D eigenvalue weighted by molar-refractivity contribution is 5.82. The van der Waals surface area contributed by atoms with Gasteiger partial charge >= 0.3 is 0 Å². The summed E-state index contributed by atoms with van der Waals surface area (Å²) in [5.74, 6) is -0.424. The molecule has 1 rings (SSSR count). The van der Waals surface area contributed by atoms with E-state index in [1.165, 1.54) is 7.05 Å². The highest BCUT2D eigenvalue weighted by Gasteiger charge is 2.23. The lowest BCUT2D eigenvalue weighted by atomic mass is 9.98. The van der Waals surface area contributed by atoms with Crippen LogP contribution in [0, 0.1) is 6.92 Å². The number of nitrogen functional groups attached to an aromatic ring is 2. The fraction of sp³-hybridized carbons (Fsp3) is 0.417. The maximum Gasteiger partial charge on any atom is 0.239 e. The Morgan fingerprint density at radius 2 is 1.89 bits per heavy atom. The predicted molar refractivity (Wildman–Crippen MR) is 71.8 cm³/mol. The van der Waals surface area contributed by atoms with Crippen LogP contribution < -0.4 is 22.5 Å². The van der Waals surface area contributed by atoms with E-state index in [1.54, 1.807) is 12.1 Å². The first-order valence-electron chi connectivity index (χ1n) is 5.66. The molecule has 2 atom stereocenters. The number of anilines is 2. The molecule has 0 aliphatic heterocycles. The summed E-state index contributed by atoms with van der Waals surface area (Å²) in [6.07, 6.45) is -0.885. The molecular weight excluding hydrogens is 232 g/mol. The average Bonchev–Trinajstić information content (AvgIpc) is 2.31. The highest BCUT2D eigenvalue weighted by atomic mass is 16.3. The van der Waals surface area contributed by atoms with Gasteiger partial charge in [0.1, 0.15) is 6.04 Å². The van der Waals surface area contributed by atoms with Gasteiger partial charge in [-0.3, -0.25) is 4.79 Å². The normalized spacial score (nSPS) is 14.0. The third kappa shape index (κ3) is 3.12. The summed E-state index contributed by atoms with van der Waals surface area (Å²) < 4.78 is 0. The van der Waals surface area contributed by atoms with Gasteiger partial charge in [-0.05, 0) is 24.6 Å². The number of rotatable bonds is 4. The lowest BCUT2D eigenvalue weighted by molar-refractivity contribution is -0.124. The minimum Gasteiger partial charge on any atom is -0.398 e. The Kier molecular flexibility index (Phi) is 4.52. The number of likely N-dealkylation sites (N-methyl/N-ethyl adjacent to an activating group) is 1. The minimum absolute atomic E-state index is 0.145. The van der Waals surface area contributed by atoms with Gasteiger partial charge in [0, 0.05) is 30.4 Å². The van der Waals surface area contributed by atoms with Crippen molar-refractivity contribution in [2.24, 2.45) is 5.73 Å². The monoisotopic (exact) mass is 252 g/mol. The molecule has 1 aromatic carbocycles. The molecule has 100 valence electrons. The van der Waals surface area contributed by atoms with Crippen molar-refractivity contribution in [1.29, 1.82) is 0 Å². The van der Waals surface area contributed by atoms with Crippen LogP contribution in [0.5, 0.6) is 0 Å². The van der Waals surface area contributed by atoms with Gasteiger partial charge in [-0.1, -0.05) is 0 Å². The van der Waals surface area contributed by atoms with Crippen LogP contribution in [0.3, 0.4) is 0 Å². The van der Waals surface area contributed by atoms with Gasteiger partial charge in [-0.2, -0.15) is 0 Å². The van der Waals surface area contributed by atoms with E-state index >= 15 is 0 Å². The van der Waals surface area contributed by atoms with Crippen LogP contribution in [0.2, 0.25) is 0 Å². The minimum atomic E-state index is -1.03. The first-order chi connectivity index (χ1) is 8.36. The van der Waals surface area contributed by atoms with Crippen LogP contribution >= 0.6 is 0 Å². The largest absolute Gasteiger partial charge is 0.398 e. The zero-order chi connectivity index (χ0) is 13.9. The SMILES string of the molecule is CNC(=O)C(N)C(O)Cc1c(N)cc(C)cc1N. The third-order valence-electron chi connectivity index (χ3n) is 2.84. The van der Waals surface area contributed by atoms with E-state index in [2.05, 4.69) is 5.32 Å². The molecule has 0 radical (unpaired) electrons. The molecule has 2 unspecified atom stereocenters. The van der Waals surface area contributed by atoms with Crippen molar-refractivity contribution in [2.45, 2.75) is 25.5 Å². The number of amides is 1. The fourth-order valence-electron chi connectivity index (χ4n) is 1.79. The number of aliphatic hydroxyl groups excluding tert-OH is 1. The summed E-state index contributed by atoms with van der Waals surface area (Å²) in [5.41, 5.74) is 19.9. The summed E-state index contributed by atoms with van der Waals surface area (Å²) in [7, 11) is 1.46. The van der Waals surface area contributed by atoms with Crippen LogP contribution in [0.15, 0.2) is 12.1 Å². The Labute approximate surface area is 106 Å². The van der Waals surface area contributed by atoms with Gasteiger partial charge in [-0.25, -0.2) is 0 Å². The Bertz CT molecular complexity index is 425. The van der Waals surface area contributed by atoms with E-state index in [9.17, 15) is 9.90 Å². The fourth-order valence-corrected chi connectivity index (χ4v) is 1.79. The van der Waals surface area contributed by atoms with Crippen LogP contribution in [0.4, 0.5) is 11.4 Å².